The Bertz CT molecular complexity index is 1750. The third-order valence-corrected chi connectivity index (χ3v) is 7.90. The van der Waals surface area contributed by atoms with Crippen LogP contribution in [0.2, 0.25) is 0 Å². The Morgan fingerprint density at radius 2 is 1.89 bits per heavy atom. The normalized spacial score (nSPS) is 11.9. The molecule has 38 heavy (non-hydrogen) atoms. The first-order chi connectivity index (χ1) is 18.2. The molecule has 0 aliphatic carbocycles. The predicted octanol–water partition coefficient (Wildman–Crippen LogP) is 5.81. The molecule has 8 nitrogen and oxygen atoms in total. The van der Waals surface area contributed by atoms with Gasteiger partial charge in [0.1, 0.15) is 21.3 Å². The number of aromatic carboxylic acids is 1. The fourth-order valence-electron chi connectivity index (χ4n) is 4.71. The van der Waals surface area contributed by atoms with E-state index in [0.717, 1.165) is 39.1 Å². The van der Waals surface area contributed by atoms with Crippen LogP contribution < -0.4 is 4.74 Å². The third-order valence-electron chi connectivity index (χ3n) is 6.74. The fourth-order valence-corrected chi connectivity index (χ4v) is 5.71. The summed E-state index contributed by atoms with van der Waals surface area (Å²) < 4.78 is 5.32. The molecule has 0 aliphatic heterocycles. The van der Waals surface area contributed by atoms with Crippen LogP contribution in [0.25, 0.3) is 32.9 Å². The maximum atomic E-state index is 13.8. The maximum absolute atomic E-state index is 13.8. The van der Waals surface area contributed by atoms with Crippen molar-refractivity contribution in [1.82, 2.24) is 9.97 Å². The summed E-state index contributed by atoms with van der Waals surface area (Å²) in [6.45, 7) is 3.71. The van der Waals surface area contributed by atoms with Gasteiger partial charge in [0.25, 0.3) is 0 Å². The molecule has 5 rings (SSSR count). The second-order valence-electron chi connectivity index (χ2n) is 9.14. The van der Waals surface area contributed by atoms with Crippen LogP contribution in [0.4, 0.5) is 0 Å². The zero-order valence-electron chi connectivity index (χ0n) is 21.0. The van der Waals surface area contributed by atoms with Crippen molar-refractivity contribution in [2.75, 3.05) is 13.7 Å². The zero-order chi connectivity index (χ0) is 27.1. The van der Waals surface area contributed by atoms with Gasteiger partial charge < -0.3 is 30.0 Å². The molecule has 5 N–H and O–H groups in total. The standard InChI is InChI=1S/C29H26N2O6S/c1-14(13-32)4-6-16-7-5-15(2)22-20(12-31-24(16)22)25(33)28-26(34)23(27(38-28)29(35)36)19-11-30-21-9-8-17(37-3)10-18(19)21/h4-5,7-12,30-32,34H,6,13H2,1-3H3,(H,35,36). The van der Waals surface area contributed by atoms with E-state index in [1.807, 2.05) is 32.1 Å². The first-order valence-electron chi connectivity index (χ1n) is 11.9. The number of rotatable bonds is 8. The van der Waals surface area contributed by atoms with Crippen LogP contribution in [0.1, 0.15) is 43.0 Å². The van der Waals surface area contributed by atoms with E-state index in [1.54, 1.807) is 30.6 Å². The Morgan fingerprint density at radius 3 is 2.61 bits per heavy atom. The molecule has 0 fully saturated rings. The zero-order valence-corrected chi connectivity index (χ0v) is 21.8. The largest absolute Gasteiger partial charge is 0.506 e. The van der Waals surface area contributed by atoms with E-state index in [2.05, 4.69) is 9.97 Å². The lowest BCUT2D eigenvalue weighted by Crippen LogP contribution is -1.99. The lowest BCUT2D eigenvalue weighted by atomic mass is 9.98. The van der Waals surface area contributed by atoms with Crippen molar-refractivity contribution in [3.8, 4) is 22.6 Å². The summed E-state index contributed by atoms with van der Waals surface area (Å²) in [4.78, 5) is 32.2. The Hall–Kier alpha value is -4.34. The Balaban J connectivity index is 1.65. The Labute approximate surface area is 221 Å². The quantitative estimate of drug-likeness (QED) is 0.127. The average molecular weight is 531 g/mol. The number of hydrogen-bond donors (Lipinski definition) is 5. The summed E-state index contributed by atoms with van der Waals surface area (Å²) in [7, 11) is 1.54. The van der Waals surface area contributed by atoms with Crippen molar-refractivity contribution in [3.63, 3.8) is 0 Å². The first kappa shape index (κ1) is 25.3. The minimum Gasteiger partial charge on any atom is -0.506 e. The number of aromatic amines is 2. The molecule has 0 saturated heterocycles. The van der Waals surface area contributed by atoms with Crippen molar-refractivity contribution in [2.45, 2.75) is 20.3 Å². The number of thiophene rings is 1. The van der Waals surface area contributed by atoms with Crippen LogP contribution in [0, 0.1) is 6.92 Å². The van der Waals surface area contributed by atoms with Crippen LogP contribution >= 0.6 is 11.3 Å². The minimum absolute atomic E-state index is 0.0292. The van der Waals surface area contributed by atoms with Crippen LogP contribution in [0.5, 0.6) is 11.5 Å². The summed E-state index contributed by atoms with van der Waals surface area (Å²) in [5, 5.41) is 32.0. The number of carbonyl (C=O) groups excluding carboxylic acids is 1. The highest BCUT2D eigenvalue weighted by molar-refractivity contribution is 7.17. The number of aromatic hydroxyl groups is 1. The van der Waals surface area contributed by atoms with E-state index in [9.17, 15) is 24.9 Å². The molecule has 0 radical (unpaired) electrons. The van der Waals surface area contributed by atoms with Crippen molar-refractivity contribution in [2.24, 2.45) is 0 Å². The maximum Gasteiger partial charge on any atom is 0.346 e. The van der Waals surface area contributed by atoms with Crippen LogP contribution in [-0.2, 0) is 6.42 Å². The number of hydrogen-bond acceptors (Lipinski definition) is 6. The molecule has 3 aromatic heterocycles. The molecule has 5 aromatic rings. The molecule has 0 saturated carbocycles. The van der Waals surface area contributed by atoms with Gasteiger partial charge in [-0.05, 0) is 49.6 Å². The number of H-pyrrole nitrogens is 2. The number of fused-ring (bicyclic) bond motifs is 2. The molecular weight excluding hydrogens is 504 g/mol. The number of carboxylic acid groups (broad SMARTS) is 1. The Morgan fingerprint density at radius 1 is 1.11 bits per heavy atom. The number of allylic oxidation sites excluding steroid dienone is 1. The number of methoxy groups -OCH3 is 1. The van der Waals surface area contributed by atoms with E-state index in [4.69, 9.17) is 4.74 Å². The second kappa shape index (κ2) is 9.85. The summed E-state index contributed by atoms with van der Waals surface area (Å²) in [5.41, 5.74) is 5.09. The number of aliphatic hydroxyl groups excluding tert-OH is 1. The number of carboxylic acids is 1. The predicted molar refractivity (Wildman–Crippen MR) is 148 cm³/mol. The lowest BCUT2D eigenvalue weighted by Gasteiger charge is -2.06. The van der Waals surface area contributed by atoms with Gasteiger partial charge in [-0.2, -0.15) is 0 Å². The number of ether oxygens (including phenoxy) is 1. The lowest BCUT2D eigenvalue weighted by molar-refractivity contribution is 0.0702. The van der Waals surface area contributed by atoms with Crippen molar-refractivity contribution >= 4 is 44.9 Å². The van der Waals surface area contributed by atoms with Gasteiger partial charge >= 0.3 is 5.97 Å². The minimum atomic E-state index is -1.24. The second-order valence-corrected chi connectivity index (χ2v) is 10.2. The Kier molecular flexibility index (Phi) is 6.56. The van der Waals surface area contributed by atoms with Gasteiger partial charge in [-0.3, -0.25) is 4.79 Å². The summed E-state index contributed by atoms with van der Waals surface area (Å²) in [5.74, 6) is -1.49. The van der Waals surface area contributed by atoms with Crippen LogP contribution in [-0.4, -0.2) is 50.8 Å². The van der Waals surface area contributed by atoms with Gasteiger partial charge in [0, 0.05) is 45.3 Å². The molecule has 0 spiro atoms. The van der Waals surface area contributed by atoms with Crippen molar-refractivity contribution < 1.29 is 29.6 Å². The number of aromatic nitrogens is 2. The molecule has 0 amide bonds. The van der Waals surface area contributed by atoms with Crippen LogP contribution in [0.15, 0.2) is 54.4 Å². The molecule has 194 valence electrons. The summed E-state index contributed by atoms with van der Waals surface area (Å²) >= 11 is 0.758. The highest BCUT2D eigenvalue weighted by atomic mass is 32.1. The molecule has 0 aliphatic rings. The molecule has 0 bridgehead atoms. The van der Waals surface area contributed by atoms with Crippen molar-refractivity contribution in [1.29, 1.82) is 0 Å². The SMILES string of the molecule is COc1ccc2[nH]cc(-c3c(C(=O)O)sc(C(=O)c4c[nH]c5c(CC=C(C)CO)ccc(C)c45)c3O)c2c1. The van der Waals surface area contributed by atoms with E-state index in [0.29, 0.717) is 34.1 Å². The van der Waals surface area contributed by atoms with Crippen molar-refractivity contribution in [3.05, 3.63) is 80.8 Å². The van der Waals surface area contributed by atoms with Gasteiger partial charge in [0.05, 0.1) is 19.3 Å². The van der Waals surface area contributed by atoms with Gasteiger partial charge in [0.15, 0.2) is 0 Å². The molecule has 3 heterocycles. The van der Waals surface area contributed by atoms with E-state index < -0.39 is 11.8 Å². The average Bonchev–Trinajstić information content (AvgIpc) is 3.63. The highest BCUT2D eigenvalue weighted by Gasteiger charge is 2.30. The smallest absolute Gasteiger partial charge is 0.346 e. The number of benzene rings is 2. The molecule has 0 atom stereocenters. The summed E-state index contributed by atoms with van der Waals surface area (Å²) in [6, 6.07) is 9.22. The van der Waals surface area contributed by atoms with E-state index in [-0.39, 0.29) is 27.7 Å². The topological polar surface area (TPSA) is 136 Å². The number of ketones is 1. The number of carbonyl (C=O) groups is 2. The van der Waals surface area contributed by atoms with Gasteiger partial charge in [0.2, 0.25) is 5.78 Å². The third kappa shape index (κ3) is 4.15. The molecule has 0 unspecified atom stereocenters. The van der Waals surface area contributed by atoms with Gasteiger partial charge in [-0.15, -0.1) is 11.3 Å². The molecule has 2 aromatic carbocycles. The van der Waals surface area contributed by atoms with E-state index >= 15 is 0 Å². The van der Waals surface area contributed by atoms with E-state index in [1.165, 1.54) is 7.11 Å². The monoisotopic (exact) mass is 530 g/mol. The number of aliphatic hydroxyl groups is 1. The van der Waals surface area contributed by atoms with Gasteiger partial charge in [-0.25, -0.2) is 4.79 Å². The highest BCUT2D eigenvalue weighted by Crippen LogP contribution is 2.46. The fraction of sp³-hybridized carbons (Fsp3) is 0.172. The van der Waals surface area contributed by atoms with Crippen LogP contribution in [0.3, 0.4) is 0 Å². The number of aryl methyl sites for hydroxylation is 1. The first-order valence-corrected chi connectivity index (χ1v) is 12.7. The molecule has 9 heteroatoms. The molecular formula is C29H26N2O6S. The summed E-state index contributed by atoms with van der Waals surface area (Å²) in [6.07, 6.45) is 5.72. The van der Waals surface area contributed by atoms with Gasteiger partial charge in [-0.1, -0.05) is 23.8 Å². The number of nitrogens with one attached hydrogen (secondary N) is 2.